The summed E-state index contributed by atoms with van der Waals surface area (Å²) in [4.78, 5) is 22.4. The lowest BCUT2D eigenvalue weighted by Gasteiger charge is -2.06. The van der Waals surface area contributed by atoms with Gasteiger partial charge in [0, 0.05) is 6.07 Å². The Hall–Kier alpha value is -2.94. The third-order valence-electron chi connectivity index (χ3n) is 2.48. The van der Waals surface area contributed by atoms with E-state index < -0.39 is 16.5 Å². The van der Waals surface area contributed by atoms with Crippen molar-refractivity contribution in [3.63, 3.8) is 0 Å². The van der Waals surface area contributed by atoms with Crippen molar-refractivity contribution in [1.82, 2.24) is 5.16 Å². The zero-order valence-electron chi connectivity index (χ0n) is 10.4. The molecule has 4 N–H and O–H groups in total. The van der Waals surface area contributed by atoms with Gasteiger partial charge in [-0.15, -0.1) is 0 Å². The molecule has 0 saturated carbocycles. The summed E-state index contributed by atoms with van der Waals surface area (Å²) >= 11 is 0. The van der Waals surface area contributed by atoms with E-state index in [1.165, 1.54) is 24.3 Å². The first-order valence-electron chi connectivity index (χ1n) is 5.51. The largest absolute Gasteiger partial charge is 0.338 e. The number of rotatable bonds is 4. The molecule has 0 unspecified atom stereocenters. The Morgan fingerprint density at radius 3 is 2.80 bits per heavy atom. The maximum absolute atomic E-state index is 12.0. The molecule has 0 aliphatic rings. The van der Waals surface area contributed by atoms with Crippen molar-refractivity contribution in [2.75, 3.05) is 10.7 Å². The Morgan fingerprint density at radius 2 is 2.25 bits per heavy atom. The second kappa shape index (κ2) is 5.36. The average Bonchev–Trinajstić information content (AvgIpc) is 2.82. The SMILES string of the molecule is Cc1cc(NC(=O)c2cccc(NN)c2[N+](=O)[O-])on1. The van der Waals surface area contributed by atoms with Crippen LogP contribution in [0.15, 0.2) is 28.8 Å². The molecule has 0 bridgehead atoms. The highest BCUT2D eigenvalue weighted by molar-refractivity contribution is 6.07. The van der Waals surface area contributed by atoms with E-state index in [0.717, 1.165) is 0 Å². The van der Waals surface area contributed by atoms with E-state index in [9.17, 15) is 14.9 Å². The Morgan fingerprint density at radius 1 is 1.50 bits per heavy atom. The van der Waals surface area contributed by atoms with Crippen molar-refractivity contribution < 1.29 is 14.2 Å². The zero-order valence-corrected chi connectivity index (χ0v) is 10.4. The van der Waals surface area contributed by atoms with Gasteiger partial charge in [-0.2, -0.15) is 0 Å². The normalized spacial score (nSPS) is 10.1. The molecule has 0 atom stereocenters. The standard InChI is InChI=1S/C11H11N5O4/c1-6-5-9(20-15-6)13-11(17)7-3-2-4-8(14-12)10(7)16(18)19/h2-5,14H,12H2,1H3,(H,13,17). The number of nitrogens with two attached hydrogens (primary N) is 1. The number of aromatic nitrogens is 1. The number of anilines is 2. The van der Waals surface area contributed by atoms with Gasteiger partial charge in [-0.1, -0.05) is 11.2 Å². The van der Waals surface area contributed by atoms with Crippen molar-refractivity contribution in [1.29, 1.82) is 0 Å². The Balaban J connectivity index is 2.36. The van der Waals surface area contributed by atoms with Crippen molar-refractivity contribution in [2.45, 2.75) is 6.92 Å². The van der Waals surface area contributed by atoms with Crippen molar-refractivity contribution >= 4 is 23.2 Å². The smallest absolute Gasteiger partial charge is 0.306 e. The fourth-order valence-corrected chi connectivity index (χ4v) is 1.64. The fraction of sp³-hybridized carbons (Fsp3) is 0.0909. The van der Waals surface area contributed by atoms with Crippen LogP contribution in [-0.2, 0) is 0 Å². The molecule has 0 saturated heterocycles. The molecule has 2 aromatic rings. The van der Waals surface area contributed by atoms with Crippen LogP contribution in [0.4, 0.5) is 17.3 Å². The number of nitro groups is 1. The zero-order chi connectivity index (χ0) is 14.7. The predicted molar refractivity (Wildman–Crippen MR) is 70.1 cm³/mol. The number of aryl methyl sites for hydroxylation is 1. The van der Waals surface area contributed by atoms with E-state index in [1.54, 1.807) is 6.92 Å². The van der Waals surface area contributed by atoms with Gasteiger partial charge in [0.25, 0.3) is 5.91 Å². The molecule has 1 amide bonds. The molecule has 0 aliphatic carbocycles. The van der Waals surface area contributed by atoms with E-state index in [-0.39, 0.29) is 17.1 Å². The summed E-state index contributed by atoms with van der Waals surface area (Å²) in [7, 11) is 0. The van der Waals surface area contributed by atoms with Crippen LogP contribution in [0, 0.1) is 17.0 Å². The number of nitrogens with zero attached hydrogens (tertiary/aromatic N) is 2. The minimum Gasteiger partial charge on any atom is -0.338 e. The summed E-state index contributed by atoms with van der Waals surface area (Å²) in [6.07, 6.45) is 0. The van der Waals surface area contributed by atoms with Gasteiger partial charge in [-0.05, 0) is 19.1 Å². The molecular formula is C11H11N5O4. The van der Waals surface area contributed by atoms with Gasteiger partial charge < -0.3 is 9.95 Å². The van der Waals surface area contributed by atoms with Crippen LogP contribution >= 0.6 is 0 Å². The number of carbonyl (C=O) groups excluding carboxylic acids is 1. The number of amides is 1. The quantitative estimate of drug-likeness (QED) is 0.436. The molecule has 1 heterocycles. The van der Waals surface area contributed by atoms with Crippen LogP contribution in [0.3, 0.4) is 0 Å². The number of nitro benzene ring substituents is 1. The number of nitrogens with one attached hydrogen (secondary N) is 2. The highest BCUT2D eigenvalue weighted by Gasteiger charge is 2.24. The van der Waals surface area contributed by atoms with Gasteiger partial charge in [0.15, 0.2) is 0 Å². The van der Waals surface area contributed by atoms with Crippen molar-refractivity contribution in [2.24, 2.45) is 5.84 Å². The summed E-state index contributed by atoms with van der Waals surface area (Å²) in [6.45, 7) is 1.68. The second-order valence-corrected chi connectivity index (χ2v) is 3.89. The number of para-hydroxylation sites is 1. The molecule has 2 rings (SSSR count). The lowest BCUT2D eigenvalue weighted by Crippen LogP contribution is -2.16. The lowest BCUT2D eigenvalue weighted by atomic mass is 10.1. The number of benzene rings is 1. The first-order valence-corrected chi connectivity index (χ1v) is 5.51. The molecule has 104 valence electrons. The lowest BCUT2D eigenvalue weighted by molar-refractivity contribution is -0.384. The molecule has 0 fully saturated rings. The van der Waals surface area contributed by atoms with Gasteiger partial charge in [0.05, 0.1) is 10.6 Å². The second-order valence-electron chi connectivity index (χ2n) is 3.89. The minimum atomic E-state index is -0.690. The highest BCUT2D eigenvalue weighted by Crippen LogP contribution is 2.28. The van der Waals surface area contributed by atoms with E-state index in [1.807, 2.05) is 0 Å². The van der Waals surface area contributed by atoms with E-state index in [4.69, 9.17) is 10.4 Å². The fourth-order valence-electron chi connectivity index (χ4n) is 1.64. The number of carbonyl (C=O) groups is 1. The summed E-state index contributed by atoms with van der Waals surface area (Å²) in [5, 5.41) is 17.0. The molecule has 0 aliphatic heterocycles. The maximum Gasteiger partial charge on any atom is 0.306 e. The number of hydrogen-bond donors (Lipinski definition) is 3. The van der Waals surface area contributed by atoms with Crippen LogP contribution in [0.5, 0.6) is 0 Å². The monoisotopic (exact) mass is 277 g/mol. The van der Waals surface area contributed by atoms with E-state index in [0.29, 0.717) is 5.69 Å². The highest BCUT2D eigenvalue weighted by atomic mass is 16.6. The van der Waals surface area contributed by atoms with Gasteiger partial charge in [0.1, 0.15) is 11.3 Å². The molecule has 1 aromatic carbocycles. The summed E-state index contributed by atoms with van der Waals surface area (Å²) in [6, 6.07) is 5.68. The average molecular weight is 277 g/mol. The topological polar surface area (TPSA) is 136 Å². The van der Waals surface area contributed by atoms with Crippen LogP contribution < -0.4 is 16.6 Å². The summed E-state index contributed by atoms with van der Waals surface area (Å²) < 4.78 is 4.82. The molecule has 1 aromatic heterocycles. The summed E-state index contributed by atoms with van der Waals surface area (Å²) in [5.74, 6) is 4.61. The predicted octanol–water partition coefficient (Wildman–Crippen LogP) is 1.43. The number of hydrazine groups is 1. The molecule has 9 nitrogen and oxygen atoms in total. The molecular weight excluding hydrogens is 266 g/mol. The third kappa shape index (κ3) is 2.57. The van der Waals surface area contributed by atoms with E-state index >= 15 is 0 Å². The molecule has 0 spiro atoms. The molecule has 9 heteroatoms. The van der Waals surface area contributed by atoms with Crippen LogP contribution in [0.1, 0.15) is 16.1 Å². The Labute approximate surface area is 112 Å². The van der Waals surface area contributed by atoms with Gasteiger partial charge in [-0.25, -0.2) is 0 Å². The van der Waals surface area contributed by atoms with Gasteiger partial charge in [0.2, 0.25) is 5.88 Å². The van der Waals surface area contributed by atoms with Crippen molar-refractivity contribution in [3.8, 4) is 0 Å². The van der Waals surface area contributed by atoms with Crippen molar-refractivity contribution in [3.05, 3.63) is 45.6 Å². The van der Waals surface area contributed by atoms with E-state index in [2.05, 4.69) is 15.9 Å². The van der Waals surface area contributed by atoms with Crippen LogP contribution in [0.2, 0.25) is 0 Å². The number of hydrogen-bond acceptors (Lipinski definition) is 7. The first-order chi connectivity index (χ1) is 9.52. The van der Waals surface area contributed by atoms with Gasteiger partial charge in [-0.3, -0.25) is 26.1 Å². The third-order valence-corrected chi connectivity index (χ3v) is 2.48. The molecule has 0 radical (unpaired) electrons. The maximum atomic E-state index is 12.0. The first kappa shape index (κ1) is 13.5. The minimum absolute atomic E-state index is 0.0383. The Bertz CT molecular complexity index is 667. The molecule has 20 heavy (non-hydrogen) atoms. The number of nitrogen functional groups attached to an aromatic ring is 1. The van der Waals surface area contributed by atoms with Crippen LogP contribution in [0.25, 0.3) is 0 Å². The summed E-state index contributed by atoms with van der Waals surface area (Å²) in [5.41, 5.74) is 2.24. The van der Waals surface area contributed by atoms with Crippen LogP contribution in [-0.4, -0.2) is 16.0 Å². The Kier molecular flexibility index (Phi) is 3.62. The van der Waals surface area contributed by atoms with Gasteiger partial charge >= 0.3 is 5.69 Å².